The normalized spacial score (nSPS) is 32.3. The number of rotatable bonds is 2. The molecule has 6 heteroatoms. The van der Waals surface area contributed by atoms with Crippen LogP contribution in [0.5, 0.6) is 0 Å². The van der Waals surface area contributed by atoms with Crippen LogP contribution in [-0.2, 0) is 9.53 Å². The van der Waals surface area contributed by atoms with Crippen LogP contribution in [0, 0.1) is 5.92 Å². The molecule has 1 aliphatic heterocycles. The summed E-state index contributed by atoms with van der Waals surface area (Å²) in [7, 11) is 0. The van der Waals surface area contributed by atoms with Crippen LogP contribution in [-0.4, -0.2) is 47.9 Å². The van der Waals surface area contributed by atoms with Crippen LogP contribution < -0.4 is 0 Å². The van der Waals surface area contributed by atoms with Crippen molar-refractivity contribution in [2.45, 2.75) is 37.7 Å². The van der Waals surface area contributed by atoms with E-state index in [1.54, 1.807) is 4.90 Å². The molecule has 2 fully saturated rings. The van der Waals surface area contributed by atoms with Gasteiger partial charge in [0.25, 0.3) is 0 Å². The van der Waals surface area contributed by atoms with Gasteiger partial charge in [0.15, 0.2) is 0 Å². The standard InChI is InChI=1S/C12H18BrF2NO2/c13-7-10-8-16(4-5-18-10)11(17)9-2-1-3-12(14,15)6-9/h9-10H,1-8H2. The molecule has 2 aliphatic rings. The molecule has 1 saturated heterocycles. The van der Waals surface area contributed by atoms with E-state index in [-0.39, 0.29) is 24.9 Å². The molecule has 0 N–H and O–H groups in total. The van der Waals surface area contributed by atoms with Crippen LogP contribution in [0.25, 0.3) is 0 Å². The Hall–Kier alpha value is -0.230. The molecule has 1 aliphatic carbocycles. The highest BCUT2D eigenvalue weighted by molar-refractivity contribution is 9.09. The van der Waals surface area contributed by atoms with Crippen molar-refractivity contribution in [1.29, 1.82) is 0 Å². The minimum absolute atomic E-state index is 0.0215. The quantitative estimate of drug-likeness (QED) is 0.730. The molecule has 0 bridgehead atoms. The van der Waals surface area contributed by atoms with E-state index in [1.807, 2.05) is 0 Å². The number of amides is 1. The third-order valence-corrected chi connectivity index (χ3v) is 4.33. The van der Waals surface area contributed by atoms with Crippen LogP contribution in [0.2, 0.25) is 0 Å². The highest BCUT2D eigenvalue weighted by atomic mass is 79.9. The van der Waals surface area contributed by atoms with Crippen LogP contribution in [0.1, 0.15) is 25.7 Å². The first-order valence-corrected chi connectivity index (χ1v) is 7.48. The lowest BCUT2D eigenvalue weighted by Crippen LogP contribution is -2.49. The van der Waals surface area contributed by atoms with Gasteiger partial charge in [0, 0.05) is 37.2 Å². The lowest BCUT2D eigenvalue weighted by Gasteiger charge is -2.36. The van der Waals surface area contributed by atoms with E-state index in [9.17, 15) is 13.6 Å². The second kappa shape index (κ2) is 5.82. The van der Waals surface area contributed by atoms with E-state index in [2.05, 4.69) is 15.9 Å². The Balaban J connectivity index is 1.94. The Morgan fingerprint density at radius 1 is 1.50 bits per heavy atom. The van der Waals surface area contributed by atoms with Gasteiger partial charge in [-0.3, -0.25) is 4.79 Å². The number of ether oxygens (including phenoxy) is 1. The molecular weight excluding hydrogens is 308 g/mol. The number of hydrogen-bond acceptors (Lipinski definition) is 2. The SMILES string of the molecule is O=C(C1CCCC(F)(F)C1)N1CCOC(CBr)C1. The van der Waals surface area contributed by atoms with Crippen molar-refractivity contribution >= 4 is 21.8 Å². The predicted molar refractivity (Wildman–Crippen MR) is 67.0 cm³/mol. The molecule has 18 heavy (non-hydrogen) atoms. The fourth-order valence-electron chi connectivity index (χ4n) is 2.65. The summed E-state index contributed by atoms with van der Waals surface area (Å²) >= 11 is 3.32. The molecule has 0 aromatic carbocycles. The zero-order valence-electron chi connectivity index (χ0n) is 10.2. The van der Waals surface area contributed by atoms with E-state index in [1.165, 1.54) is 0 Å². The van der Waals surface area contributed by atoms with E-state index in [4.69, 9.17) is 4.74 Å². The molecule has 0 radical (unpaired) electrons. The largest absolute Gasteiger partial charge is 0.374 e. The van der Waals surface area contributed by atoms with Gasteiger partial charge in [-0.2, -0.15) is 0 Å². The summed E-state index contributed by atoms with van der Waals surface area (Å²) in [6.45, 7) is 1.52. The number of alkyl halides is 3. The first-order valence-electron chi connectivity index (χ1n) is 6.36. The van der Waals surface area contributed by atoms with E-state index in [0.29, 0.717) is 37.9 Å². The monoisotopic (exact) mass is 325 g/mol. The van der Waals surface area contributed by atoms with E-state index < -0.39 is 11.8 Å². The number of morpholine rings is 1. The lowest BCUT2D eigenvalue weighted by atomic mass is 9.85. The Kier molecular flexibility index (Phi) is 4.59. The van der Waals surface area contributed by atoms with Gasteiger partial charge in [-0.25, -0.2) is 8.78 Å². The fourth-order valence-corrected chi connectivity index (χ4v) is 3.05. The molecule has 2 atom stereocenters. The first-order chi connectivity index (χ1) is 8.52. The Morgan fingerprint density at radius 3 is 2.94 bits per heavy atom. The topological polar surface area (TPSA) is 29.5 Å². The highest BCUT2D eigenvalue weighted by Gasteiger charge is 2.41. The summed E-state index contributed by atoms with van der Waals surface area (Å²) in [5, 5.41) is 0.664. The maximum absolute atomic E-state index is 13.3. The summed E-state index contributed by atoms with van der Waals surface area (Å²) in [5.74, 6) is -3.30. The van der Waals surface area contributed by atoms with Crippen molar-refractivity contribution in [3.8, 4) is 0 Å². The third kappa shape index (κ3) is 3.41. The predicted octanol–water partition coefficient (Wildman–Crippen LogP) is 2.43. The molecule has 1 saturated carbocycles. The fraction of sp³-hybridized carbons (Fsp3) is 0.917. The van der Waals surface area contributed by atoms with Crippen LogP contribution in [0.3, 0.4) is 0 Å². The molecule has 1 heterocycles. The molecule has 0 aromatic heterocycles. The minimum atomic E-state index is -2.67. The van der Waals surface area contributed by atoms with Crippen LogP contribution in [0.15, 0.2) is 0 Å². The summed E-state index contributed by atoms with van der Waals surface area (Å²) in [5.41, 5.74) is 0. The average Bonchev–Trinajstić information content (AvgIpc) is 2.37. The number of carbonyl (C=O) groups excluding carboxylic acids is 1. The maximum Gasteiger partial charge on any atom is 0.248 e. The second-order valence-corrected chi connectivity index (χ2v) is 5.73. The van der Waals surface area contributed by atoms with E-state index >= 15 is 0 Å². The zero-order chi connectivity index (χ0) is 13.2. The molecular formula is C12H18BrF2NO2. The first kappa shape index (κ1) is 14.2. The van der Waals surface area contributed by atoms with Gasteiger partial charge in [-0.15, -0.1) is 0 Å². The van der Waals surface area contributed by atoms with Gasteiger partial charge in [0.1, 0.15) is 0 Å². The van der Waals surface area contributed by atoms with Crippen molar-refractivity contribution in [2.75, 3.05) is 25.0 Å². The van der Waals surface area contributed by atoms with E-state index in [0.717, 1.165) is 0 Å². The summed E-state index contributed by atoms with van der Waals surface area (Å²) in [6.07, 6.45) is 0.638. The second-order valence-electron chi connectivity index (χ2n) is 5.08. The maximum atomic E-state index is 13.3. The van der Waals surface area contributed by atoms with Crippen molar-refractivity contribution < 1.29 is 18.3 Å². The van der Waals surface area contributed by atoms with Gasteiger partial charge >= 0.3 is 0 Å². The number of hydrogen-bond donors (Lipinski definition) is 0. The molecule has 1 amide bonds. The summed E-state index contributed by atoms with van der Waals surface area (Å²) in [6, 6.07) is 0. The summed E-state index contributed by atoms with van der Waals surface area (Å²) < 4.78 is 32.1. The molecule has 2 rings (SSSR count). The van der Waals surface area contributed by atoms with Crippen molar-refractivity contribution in [3.63, 3.8) is 0 Å². The Labute approximate surface area is 114 Å². The molecule has 0 spiro atoms. The number of carbonyl (C=O) groups is 1. The smallest absolute Gasteiger partial charge is 0.248 e. The van der Waals surface area contributed by atoms with Crippen molar-refractivity contribution in [2.24, 2.45) is 5.92 Å². The minimum Gasteiger partial charge on any atom is -0.374 e. The van der Waals surface area contributed by atoms with Crippen molar-refractivity contribution in [1.82, 2.24) is 4.90 Å². The van der Waals surface area contributed by atoms with Gasteiger partial charge in [-0.05, 0) is 12.8 Å². The van der Waals surface area contributed by atoms with Crippen LogP contribution in [0.4, 0.5) is 8.78 Å². The Morgan fingerprint density at radius 2 is 2.28 bits per heavy atom. The summed E-state index contributed by atoms with van der Waals surface area (Å²) in [4.78, 5) is 13.9. The number of halogens is 3. The average molecular weight is 326 g/mol. The van der Waals surface area contributed by atoms with Crippen LogP contribution >= 0.6 is 15.9 Å². The molecule has 3 nitrogen and oxygen atoms in total. The van der Waals surface area contributed by atoms with Gasteiger partial charge in [-0.1, -0.05) is 15.9 Å². The lowest BCUT2D eigenvalue weighted by molar-refractivity contribution is -0.149. The zero-order valence-corrected chi connectivity index (χ0v) is 11.8. The van der Waals surface area contributed by atoms with Gasteiger partial charge in [0.05, 0.1) is 12.7 Å². The molecule has 0 aromatic rings. The number of nitrogens with zero attached hydrogens (tertiary/aromatic N) is 1. The van der Waals surface area contributed by atoms with Gasteiger partial charge < -0.3 is 9.64 Å². The molecule has 104 valence electrons. The van der Waals surface area contributed by atoms with Crippen molar-refractivity contribution in [3.05, 3.63) is 0 Å². The third-order valence-electron chi connectivity index (χ3n) is 3.61. The highest BCUT2D eigenvalue weighted by Crippen LogP contribution is 2.37. The van der Waals surface area contributed by atoms with Gasteiger partial charge in [0.2, 0.25) is 11.8 Å². The molecule has 2 unspecified atom stereocenters. The Bertz CT molecular complexity index is 314.